The maximum absolute atomic E-state index is 14.1. The third-order valence-electron chi connectivity index (χ3n) is 6.21. The summed E-state index contributed by atoms with van der Waals surface area (Å²) in [6, 6.07) is 19.5. The van der Waals surface area contributed by atoms with E-state index in [4.69, 9.17) is 11.6 Å². The van der Waals surface area contributed by atoms with E-state index in [2.05, 4.69) is 0 Å². The van der Waals surface area contributed by atoms with Crippen molar-refractivity contribution in [3.8, 4) is 0 Å². The summed E-state index contributed by atoms with van der Waals surface area (Å²) < 4.78 is 14.1. The fraction of sp³-hybridized carbons (Fsp3) is 0.185. The standard InChI is InChI=1S/C27H23ClFN3O2S/c1-30-23-17-19(26(33)32-13-11-31(12-14-32)22-8-3-2-7-21(22)29)9-10-24(23)35-25(27(30)34)16-18-5-4-6-20(28)15-18/h2-10,15-17H,11-14H2,1H3/b25-16-. The number of halogens is 2. The van der Waals surface area contributed by atoms with Gasteiger partial charge in [-0.2, -0.15) is 0 Å². The number of hydrogen-bond acceptors (Lipinski definition) is 4. The molecule has 2 amide bonds. The molecule has 0 unspecified atom stereocenters. The summed E-state index contributed by atoms with van der Waals surface area (Å²) in [4.78, 5) is 33.1. The molecule has 0 aliphatic carbocycles. The van der Waals surface area contributed by atoms with Crippen LogP contribution in [-0.4, -0.2) is 49.9 Å². The molecule has 0 spiro atoms. The monoisotopic (exact) mass is 507 g/mol. The summed E-state index contributed by atoms with van der Waals surface area (Å²) in [5.74, 6) is -0.478. The highest BCUT2D eigenvalue weighted by molar-refractivity contribution is 8.04. The number of thioether (sulfide) groups is 1. The van der Waals surface area contributed by atoms with Crippen LogP contribution in [0.4, 0.5) is 15.8 Å². The Morgan fingerprint density at radius 1 is 0.971 bits per heavy atom. The number of fused-ring (bicyclic) bond motifs is 1. The van der Waals surface area contributed by atoms with Crippen LogP contribution in [0.25, 0.3) is 6.08 Å². The van der Waals surface area contributed by atoms with Gasteiger partial charge in [0, 0.05) is 48.7 Å². The highest BCUT2D eigenvalue weighted by atomic mass is 35.5. The van der Waals surface area contributed by atoms with Gasteiger partial charge >= 0.3 is 0 Å². The van der Waals surface area contributed by atoms with Crippen LogP contribution in [0.1, 0.15) is 15.9 Å². The van der Waals surface area contributed by atoms with Gasteiger partial charge in [0.1, 0.15) is 5.82 Å². The number of benzene rings is 3. The molecule has 35 heavy (non-hydrogen) atoms. The number of para-hydroxylation sites is 1. The quantitative estimate of drug-likeness (QED) is 0.436. The molecule has 2 heterocycles. The van der Waals surface area contributed by atoms with Crippen molar-refractivity contribution in [2.75, 3.05) is 43.0 Å². The van der Waals surface area contributed by atoms with Gasteiger partial charge in [-0.3, -0.25) is 9.59 Å². The molecule has 0 bridgehead atoms. The summed E-state index contributed by atoms with van der Waals surface area (Å²) in [6.07, 6.45) is 1.83. The molecular formula is C27H23ClFN3O2S. The second-order valence-corrected chi connectivity index (χ2v) is 9.96. The van der Waals surface area contributed by atoms with Gasteiger partial charge in [0.2, 0.25) is 0 Å². The minimum atomic E-state index is -0.254. The van der Waals surface area contributed by atoms with E-state index in [1.807, 2.05) is 41.3 Å². The van der Waals surface area contributed by atoms with Gasteiger partial charge in [-0.15, -0.1) is 0 Å². The molecule has 1 fully saturated rings. The SMILES string of the molecule is CN1C(=O)/C(=C/c2cccc(Cl)c2)Sc2ccc(C(=O)N3CCN(c4ccccc4F)CC3)cc21. The highest BCUT2D eigenvalue weighted by Crippen LogP contribution is 2.42. The third kappa shape index (κ3) is 4.79. The van der Waals surface area contributed by atoms with Crippen LogP contribution in [0.15, 0.2) is 76.5 Å². The van der Waals surface area contributed by atoms with Gasteiger partial charge < -0.3 is 14.7 Å². The minimum Gasteiger partial charge on any atom is -0.366 e. The maximum atomic E-state index is 14.1. The maximum Gasteiger partial charge on any atom is 0.264 e. The van der Waals surface area contributed by atoms with Crippen molar-refractivity contribution in [3.63, 3.8) is 0 Å². The smallest absolute Gasteiger partial charge is 0.264 e. The van der Waals surface area contributed by atoms with E-state index in [1.54, 1.807) is 47.2 Å². The van der Waals surface area contributed by atoms with Crippen LogP contribution in [0.2, 0.25) is 5.02 Å². The Labute approximate surface area is 212 Å². The van der Waals surface area contributed by atoms with Gasteiger partial charge in [0.25, 0.3) is 11.8 Å². The van der Waals surface area contributed by atoms with E-state index >= 15 is 0 Å². The molecule has 0 aromatic heterocycles. The van der Waals surface area contributed by atoms with Crippen molar-refractivity contribution >= 4 is 52.6 Å². The first-order chi connectivity index (χ1) is 16.9. The van der Waals surface area contributed by atoms with Gasteiger partial charge in [0.05, 0.1) is 16.3 Å². The number of carbonyl (C=O) groups excluding carboxylic acids is 2. The fourth-order valence-corrected chi connectivity index (χ4v) is 5.61. The molecule has 1 saturated heterocycles. The van der Waals surface area contributed by atoms with E-state index in [-0.39, 0.29) is 17.6 Å². The third-order valence-corrected chi connectivity index (χ3v) is 7.52. The number of anilines is 2. The summed E-state index contributed by atoms with van der Waals surface area (Å²) in [7, 11) is 1.72. The lowest BCUT2D eigenvalue weighted by Gasteiger charge is -2.36. The molecule has 2 aliphatic heterocycles. The van der Waals surface area contributed by atoms with Gasteiger partial charge in [-0.25, -0.2) is 4.39 Å². The van der Waals surface area contributed by atoms with Crippen LogP contribution in [0.5, 0.6) is 0 Å². The van der Waals surface area contributed by atoms with Gasteiger partial charge in [-0.1, -0.05) is 47.6 Å². The van der Waals surface area contributed by atoms with Crippen molar-refractivity contribution in [1.29, 1.82) is 0 Å². The molecule has 0 radical (unpaired) electrons. The van der Waals surface area contributed by atoms with Crippen LogP contribution >= 0.6 is 23.4 Å². The molecule has 0 saturated carbocycles. The van der Waals surface area contributed by atoms with Crippen LogP contribution < -0.4 is 9.80 Å². The normalized spacial score (nSPS) is 17.1. The van der Waals surface area contributed by atoms with Crippen molar-refractivity contribution < 1.29 is 14.0 Å². The Kier molecular flexibility index (Phi) is 6.54. The molecule has 0 N–H and O–H groups in total. The van der Waals surface area contributed by atoms with Crippen molar-refractivity contribution in [2.24, 2.45) is 0 Å². The molecule has 8 heteroatoms. The molecule has 5 nitrogen and oxygen atoms in total. The number of hydrogen-bond donors (Lipinski definition) is 0. The Bertz CT molecular complexity index is 1340. The van der Waals surface area contributed by atoms with E-state index in [0.29, 0.717) is 53.0 Å². The van der Waals surface area contributed by atoms with E-state index in [0.717, 1.165) is 10.5 Å². The topological polar surface area (TPSA) is 43.9 Å². The zero-order chi connectivity index (χ0) is 24.5. The Hall–Kier alpha value is -3.29. The van der Waals surface area contributed by atoms with Crippen molar-refractivity contribution in [1.82, 2.24) is 4.90 Å². The fourth-order valence-electron chi connectivity index (χ4n) is 4.32. The second-order valence-electron chi connectivity index (χ2n) is 8.44. The molecule has 0 atom stereocenters. The van der Waals surface area contributed by atoms with Crippen molar-refractivity contribution in [3.05, 3.63) is 93.6 Å². The number of amides is 2. The lowest BCUT2D eigenvalue weighted by atomic mass is 10.1. The molecule has 3 aromatic carbocycles. The number of piperazine rings is 1. The zero-order valence-corrected chi connectivity index (χ0v) is 20.7. The molecule has 2 aliphatic rings. The van der Waals surface area contributed by atoms with E-state index in [1.165, 1.54) is 17.8 Å². The summed E-state index contributed by atoms with van der Waals surface area (Å²) >= 11 is 7.46. The largest absolute Gasteiger partial charge is 0.366 e. The lowest BCUT2D eigenvalue weighted by molar-refractivity contribution is -0.114. The predicted molar refractivity (Wildman–Crippen MR) is 140 cm³/mol. The number of likely N-dealkylation sites (N-methyl/N-ethyl adjacent to an activating group) is 1. The Morgan fingerprint density at radius 3 is 2.49 bits per heavy atom. The molecule has 3 aromatic rings. The lowest BCUT2D eigenvalue weighted by Crippen LogP contribution is -2.49. The summed E-state index contributed by atoms with van der Waals surface area (Å²) in [5, 5.41) is 0.610. The summed E-state index contributed by atoms with van der Waals surface area (Å²) in [5.41, 5.74) is 2.66. The van der Waals surface area contributed by atoms with E-state index in [9.17, 15) is 14.0 Å². The second kappa shape index (κ2) is 9.76. The van der Waals surface area contributed by atoms with Gasteiger partial charge in [-0.05, 0) is 54.1 Å². The number of rotatable bonds is 3. The minimum absolute atomic E-state index is 0.0906. The van der Waals surface area contributed by atoms with Crippen LogP contribution in [0.3, 0.4) is 0 Å². The Morgan fingerprint density at radius 2 is 1.74 bits per heavy atom. The van der Waals surface area contributed by atoms with Gasteiger partial charge in [0.15, 0.2) is 0 Å². The molecule has 5 rings (SSSR count). The first-order valence-corrected chi connectivity index (χ1v) is 12.5. The van der Waals surface area contributed by atoms with Crippen LogP contribution in [0, 0.1) is 5.82 Å². The average molecular weight is 508 g/mol. The number of carbonyl (C=O) groups is 2. The summed E-state index contributed by atoms with van der Waals surface area (Å²) in [6.45, 7) is 2.12. The van der Waals surface area contributed by atoms with Crippen LogP contribution in [-0.2, 0) is 4.79 Å². The van der Waals surface area contributed by atoms with Crippen molar-refractivity contribution in [2.45, 2.75) is 4.90 Å². The molecular weight excluding hydrogens is 485 g/mol. The predicted octanol–water partition coefficient (Wildman–Crippen LogP) is 5.55. The van der Waals surface area contributed by atoms with E-state index < -0.39 is 0 Å². The highest BCUT2D eigenvalue weighted by Gasteiger charge is 2.29. The molecule has 178 valence electrons. The first-order valence-electron chi connectivity index (χ1n) is 11.3. The number of nitrogens with zero attached hydrogens (tertiary/aromatic N) is 3. The average Bonchev–Trinajstić information content (AvgIpc) is 2.87. The Balaban J connectivity index is 1.32. The first kappa shape index (κ1) is 23.5. The zero-order valence-electron chi connectivity index (χ0n) is 19.1.